The van der Waals surface area contributed by atoms with E-state index in [9.17, 15) is 5.11 Å². The molecule has 0 bridgehead atoms. The Kier molecular flexibility index (Phi) is 1.55. The maximum absolute atomic E-state index is 9.23. The molecule has 1 aromatic heterocycles. The highest BCUT2D eigenvalue weighted by Gasteiger charge is 2.54. The van der Waals surface area contributed by atoms with Crippen molar-refractivity contribution in [3.8, 4) is 0 Å². The Morgan fingerprint density at radius 3 is 2.67 bits per heavy atom. The second-order valence-corrected chi connectivity index (χ2v) is 3.83. The third-order valence-corrected chi connectivity index (χ3v) is 2.97. The summed E-state index contributed by atoms with van der Waals surface area (Å²) in [6, 6.07) is 3.94. The second-order valence-electron chi connectivity index (χ2n) is 3.83. The molecule has 1 aliphatic carbocycles. The lowest BCUT2D eigenvalue weighted by Crippen LogP contribution is -2.13. The van der Waals surface area contributed by atoms with Gasteiger partial charge < -0.3 is 9.52 Å². The van der Waals surface area contributed by atoms with Gasteiger partial charge in [-0.15, -0.1) is 0 Å². The van der Waals surface area contributed by atoms with Crippen molar-refractivity contribution in [3.05, 3.63) is 23.7 Å². The van der Waals surface area contributed by atoms with E-state index in [0.29, 0.717) is 5.92 Å². The van der Waals surface area contributed by atoms with Crippen LogP contribution in [0.1, 0.15) is 24.9 Å². The Morgan fingerprint density at radius 2 is 2.33 bits per heavy atom. The van der Waals surface area contributed by atoms with Crippen molar-refractivity contribution in [2.75, 3.05) is 6.61 Å². The summed E-state index contributed by atoms with van der Waals surface area (Å²) in [5.41, 5.74) is -0.0474. The zero-order chi connectivity index (χ0) is 8.77. The van der Waals surface area contributed by atoms with Gasteiger partial charge in [-0.1, -0.05) is 6.92 Å². The Morgan fingerprint density at radius 1 is 1.67 bits per heavy atom. The molecule has 0 aromatic carbocycles. The fourth-order valence-electron chi connectivity index (χ4n) is 1.83. The van der Waals surface area contributed by atoms with E-state index < -0.39 is 0 Å². The molecule has 2 heteroatoms. The number of hydrogen-bond acceptors (Lipinski definition) is 2. The van der Waals surface area contributed by atoms with Crippen LogP contribution >= 0.6 is 0 Å². The van der Waals surface area contributed by atoms with Crippen LogP contribution in [0.25, 0.3) is 0 Å². The van der Waals surface area contributed by atoms with Gasteiger partial charge in [-0.2, -0.15) is 0 Å². The highest BCUT2D eigenvalue weighted by molar-refractivity contribution is 5.26. The molecule has 2 atom stereocenters. The maximum atomic E-state index is 9.23. The SMILES string of the molecule is Cc1ccc(C2(CO)CC2C)o1. The van der Waals surface area contributed by atoms with Gasteiger partial charge in [-0.05, 0) is 31.4 Å². The van der Waals surface area contributed by atoms with E-state index in [0.717, 1.165) is 17.9 Å². The molecular weight excluding hydrogens is 152 g/mol. The van der Waals surface area contributed by atoms with Crippen molar-refractivity contribution in [2.24, 2.45) is 5.92 Å². The first-order chi connectivity index (χ1) is 5.69. The Balaban J connectivity index is 2.30. The van der Waals surface area contributed by atoms with Crippen LogP contribution in [0.15, 0.2) is 16.5 Å². The highest BCUT2D eigenvalue weighted by Crippen LogP contribution is 2.53. The molecule has 0 saturated heterocycles. The van der Waals surface area contributed by atoms with Crippen molar-refractivity contribution in [1.82, 2.24) is 0 Å². The van der Waals surface area contributed by atoms with E-state index in [-0.39, 0.29) is 12.0 Å². The molecular formula is C10H14O2. The van der Waals surface area contributed by atoms with Crippen molar-refractivity contribution >= 4 is 0 Å². The minimum atomic E-state index is -0.0474. The summed E-state index contributed by atoms with van der Waals surface area (Å²) < 4.78 is 5.51. The number of hydrogen-bond donors (Lipinski definition) is 1. The summed E-state index contributed by atoms with van der Waals surface area (Å²) in [6.45, 7) is 4.29. The Labute approximate surface area is 72.2 Å². The second kappa shape index (κ2) is 2.36. The van der Waals surface area contributed by atoms with Crippen LogP contribution in [0.4, 0.5) is 0 Å². The summed E-state index contributed by atoms with van der Waals surface area (Å²) in [4.78, 5) is 0. The molecule has 0 aliphatic heterocycles. The molecule has 0 amide bonds. The van der Waals surface area contributed by atoms with E-state index in [1.54, 1.807) is 0 Å². The van der Waals surface area contributed by atoms with Gasteiger partial charge in [0.25, 0.3) is 0 Å². The van der Waals surface area contributed by atoms with Crippen molar-refractivity contribution < 1.29 is 9.52 Å². The standard InChI is InChI=1S/C10H14O2/c1-7-5-10(7,6-11)9-4-3-8(2)12-9/h3-4,7,11H,5-6H2,1-2H3. The largest absolute Gasteiger partial charge is 0.466 e. The lowest BCUT2D eigenvalue weighted by Gasteiger charge is -2.08. The first-order valence-electron chi connectivity index (χ1n) is 4.37. The van der Waals surface area contributed by atoms with Gasteiger partial charge in [-0.25, -0.2) is 0 Å². The van der Waals surface area contributed by atoms with Crippen LogP contribution < -0.4 is 0 Å². The smallest absolute Gasteiger partial charge is 0.112 e. The molecule has 0 radical (unpaired) electrons. The first-order valence-corrected chi connectivity index (χ1v) is 4.37. The Bertz CT molecular complexity index is 286. The van der Waals surface area contributed by atoms with Crippen LogP contribution in [-0.2, 0) is 5.41 Å². The minimum absolute atomic E-state index is 0.0474. The summed E-state index contributed by atoms with van der Waals surface area (Å²) in [5, 5.41) is 9.23. The summed E-state index contributed by atoms with van der Waals surface area (Å²) >= 11 is 0. The van der Waals surface area contributed by atoms with E-state index in [4.69, 9.17) is 4.42 Å². The lowest BCUT2D eigenvalue weighted by atomic mass is 10.0. The molecule has 12 heavy (non-hydrogen) atoms. The van der Waals surface area contributed by atoms with Gasteiger partial charge in [0, 0.05) is 0 Å². The molecule has 1 saturated carbocycles. The topological polar surface area (TPSA) is 33.4 Å². The number of aliphatic hydroxyl groups is 1. The fourth-order valence-corrected chi connectivity index (χ4v) is 1.83. The van der Waals surface area contributed by atoms with Crippen molar-refractivity contribution in [1.29, 1.82) is 0 Å². The minimum Gasteiger partial charge on any atom is -0.466 e. The van der Waals surface area contributed by atoms with E-state index in [1.807, 2.05) is 19.1 Å². The summed E-state index contributed by atoms with van der Waals surface area (Å²) in [5.74, 6) is 2.44. The van der Waals surface area contributed by atoms with E-state index in [1.165, 1.54) is 0 Å². The highest BCUT2D eigenvalue weighted by atomic mass is 16.3. The van der Waals surface area contributed by atoms with E-state index >= 15 is 0 Å². The van der Waals surface area contributed by atoms with Crippen LogP contribution in [0.2, 0.25) is 0 Å². The van der Waals surface area contributed by atoms with Gasteiger partial charge in [0.1, 0.15) is 11.5 Å². The molecule has 2 nitrogen and oxygen atoms in total. The molecule has 1 aliphatic rings. The van der Waals surface area contributed by atoms with Crippen molar-refractivity contribution in [3.63, 3.8) is 0 Å². The van der Waals surface area contributed by atoms with Gasteiger partial charge in [-0.3, -0.25) is 0 Å². The predicted octanol–water partition coefficient (Wildman–Crippen LogP) is 1.86. The molecule has 2 unspecified atom stereocenters. The third-order valence-electron chi connectivity index (χ3n) is 2.97. The zero-order valence-electron chi connectivity index (χ0n) is 7.50. The predicted molar refractivity (Wildman–Crippen MR) is 46.0 cm³/mol. The number of aliphatic hydroxyl groups excluding tert-OH is 1. The van der Waals surface area contributed by atoms with Crippen LogP contribution in [0.3, 0.4) is 0 Å². The summed E-state index contributed by atoms with van der Waals surface area (Å²) in [6.07, 6.45) is 1.05. The molecule has 66 valence electrons. The van der Waals surface area contributed by atoms with Gasteiger partial charge in [0.2, 0.25) is 0 Å². The molecule has 0 spiro atoms. The maximum Gasteiger partial charge on any atom is 0.112 e. The third kappa shape index (κ3) is 0.911. The number of aryl methyl sites for hydroxylation is 1. The number of furan rings is 1. The number of rotatable bonds is 2. The molecule has 1 N–H and O–H groups in total. The quantitative estimate of drug-likeness (QED) is 0.727. The van der Waals surface area contributed by atoms with Crippen LogP contribution in [0.5, 0.6) is 0 Å². The molecule has 1 heterocycles. The summed E-state index contributed by atoms with van der Waals surface area (Å²) in [7, 11) is 0. The van der Waals surface area contributed by atoms with Crippen LogP contribution in [0, 0.1) is 12.8 Å². The zero-order valence-corrected chi connectivity index (χ0v) is 7.50. The normalized spacial score (nSPS) is 33.8. The van der Waals surface area contributed by atoms with Crippen LogP contribution in [-0.4, -0.2) is 11.7 Å². The van der Waals surface area contributed by atoms with Gasteiger partial charge in [0.15, 0.2) is 0 Å². The molecule has 1 fully saturated rings. The molecule has 1 aromatic rings. The molecule has 2 rings (SSSR count). The van der Waals surface area contributed by atoms with Crippen molar-refractivity contribution in [2.45, 2.75) is 25.7 Å². The average molecular weight is 166 g/mol. The Hall–Kier alpha value is -0.760. The average Bonchev–Trinajstić information content (AvgIpc) is 2.50. The fraction of sp³-hybridized carbons (Fsp3) is 0.600. The van der Waals surface area contributed by atoms with Gasteiger partial charge >= 0.3 is 0 Å². The van der Waals surface area contributed by atoms with E-state index in [2.05, 4.69) is 6.92 Å². The first kappa shape index (κ1) is 7.87. The monoisotopic (exact) mass is 166 g/mol. The van der Waals surface area contributed by atoms with Gasteiger partial charge in [0.05, 0.1) is 12.0 Å². The lowest BCUT2D eigenvalue weighted by molar-refractivity contribution is 0.227.